The Balaban J connectivity index is 1.62. The summed E-state index contributed by atoms with van der Waals surface area (Å²) >= 11 is 0. The number of nitrogens with zero attached hydrogens (tertiary/aromatic N) is 4. The molecule has 0 radical (unpaired) electrons. The summed E-state index contributed by atoms with van der Waals surface area (Å²) in [5.74, 6) is 1.52. The van der Waals surface area contributed by atoms with E-state index in [1.807, 2.05) is 24.3 Å². The fraction of sp³-hybridized carbons (Fsp3) is 0.391. The molecule has 3 aromatic rings. The summed E-state index contributed by atoms with van der Waals surface area (Å²) in [6.07, 6.45) is 4.64. The van der Waals surface area contributed by atoms with Crippen LogP contribution in [0.3, 0.4) is 0 Å². The third-order valence-electron chi connectivity index (χ3n) is 5.92. The maximum absolute atomic E-state index is 13.3. The Kier molecular flexibility index (Phi) is 5.98. The number of aromatic nitrogens is 3. The number of oxazole rings is 1. The van der Waals surface area contributed by atoms with Crippen molar-refractivity contribution in [2.24, 2.45) is 14.1 Å². The van der Waals surface area contributed by atoms with Crippen LogP contribution in [0.25, 0.3) is 0 Å². The molecule has 0 N–H and O–H groups in total. The molecule has 0 aliphatic carbocycles. The van der Waals surface area contributed by atoms with Crippen LogP contribution in [0.4, 0.5) is 0 Å². The molecule has 0 saturated carbocycles. The van der Waals surface area contributed by atoms with Crippen molar-refractivity contribution in [2.45, 2.75) is 31.7 Å². The van der Waals surface area contributed by atoms with Gasteiger partial charge < -0.3 is 14.1 Å². The lowest BCUT2D eigenvalue weighted by Crippen LogP contribution is -2.44. The molecule has 1 aliphatic rings. The quantitative estimate of drug-likeness (QED) is 0.604. The fourth-order valence-electron chi connectivity index (χ4n) is 4.11. The van der Waals surface area contributed by atoms with E-state index in [-0.39, 0.29) is 17.6 Å². The van der Waals surface area contributed by atoms with Gasteiger partial charge in [-0.15, -0.1) is 0 Å². The zero-order valence-electron chi connectivity index (χ0n) is 18.4. The first-order valence-corrected chi connectivity index (χ1v) is 10.5. The SMILES string of the molecule is COc1ccccc1Cc1cnc([C@H]2CCCCN2C(=O)c2cc(=O)n(C)c(=O)n2C)o1. The standard InChI is InChI=1S/C23H26N4O5/c1-25-18(13-20(28)26(2)23(25)30)22(29)27-11-7-6-9-17(27)21-24-14-16(32-21)12-15-8-4-5-10-19(15)31-3/h4-5,8,10,13-14,17H,6-7,9,11-12H2,1-3H3/t17-/m1/s1. The van der Waals surface area contributed by atoms with Gasteiger partial charge in [0.05, 0.1) is 13.3 Å². The molecule has 9 nitrogen and oxygen atoms in total. The van der Waals surface area contributed by atoms with Gasteiger partial charge in [-0.2, -0.15) is 0 Å². The summed E-state index contributed by atoms with van der Waals surface area (Å²) in [6.45, 7) is 0.497. The molecule has 1 saturated heterocycles. The van der Waals surface area contributed by atoms with Gasteiger partial charge in [0.25, 0.3) is 11.5 Å². The van der Waals surface area contributed by atoms with Gasteiger partial charge in [0, 0.05) is 38.7 Å². The first-order chi connectivity index (χ1) is 15.4. The Labute approximate surface area is 184 Å². The van der Waals surface area contributed by atoms with Crippen LogP contribution in [-0.2, 0) is 20.5 Å². The number of piperidine rings is 1. The third kappa shape index (κ3) is 3.98. The van der Waals surface area contributed by atoms with Gasteiger partial charge in [-0.05, 0) is 25.3 Å². The van der Waals surface area contributed by atoms with Crippen molar-refractivity contribution in [3.63, 3.8) is 0 Å². The van der Waals surface area contributed by atoms with Crippen molar-refractivity contribution >= 4 is 5.91 Å². The first kappa shape index (κ1) is 21.6. The smallest absolute Gasteiger partial charge is 0.331 e. The van der Waals surface area contributed by atoms with Gasteiger partial charge in [0.1, 0.15) is 23.2 Å². The summed E-state index contributed by atoms with van der Waals surface area (Å²) in [6, 6.07) is 8.55. The van der Waals surface area contributed by atoms with Crippen molar-refractivity contribution < 1.29 is 13.9 Å². The Bertz CT molecular complexity index is 1260. The Morgan fingerprint density at radius 2 is 1.97 bits per heavy atom. The lowest BCUT2D eigenvalue weighted by atomic mass is 10.0. The lowest BCUT2D eigenvalue weighted by Gasteiger charge is -2.34. The van der Waals surface area contributed by atoms with E-state index in [1.165, 1.54) is 24.7 Å². The minimum absolute atomic E-state index is 0.0609. The Hall–Kier alpha value is -3.62. The van der Waals surface area contributed by atoms with Crippen LogP contribution in [0.15, 0.2) is 50.5 Å². The van der Waals surface area contributed by atoms with E-state index in [4.69, 9.17) is 9.15 Å². The topological polar surface area (TPSA) is 99.6 Å². The zero-order chi connectivity index (χ0) is 22.8. The molecule has 9 heteroatoms. The van der Waals surface area contributed by atoms with Crippen LogP contribution in [0.2, 0.25) is 0 Å². The van der Waals surface area contributed by atoms with Crippen LogP contribution < -0.4 is 16.0 Å². The van der Waals surface area contributed by atoms with Crippen LogP contribution >= 0.6 is 0 Å². The zero-order valence-corrected chi connectivity index (χ0v) is 18.4. The largest absolute Gasteiger partial charge is 0.496 e. The van der Waals surface area contributed by atoms with Gasteiger partial charge in [-0.1, -0.05) is 18.2 Å². The molecule has 1 atom stereocenters. The number of carbonyl (C=O) groups excluding carboxylic acids is 1. The van der Waals surface area contributed by atoms with E-state index in [2.05, 4.69) is 4.98 Å². The van der Waals surface area contributed by atoms with Gasteiger partial charge >= 0.3 is 5.69 Å². The van der Waals surface area contributed by atoms with Crippen LogP contribution in [0, 0.1) is 0 Å². The van der Waals surface area contributed by atoms with Crippen molar-refractivity contribution in [1.29, 1.82) is 0 Å². The van der Waals surface area contributed by atoms with Crippen LogP contribution in [0.1, 0.15) is 53.0 Å². The summed E-state index contributed by atoms with van der Waals surface area (Å²) in [4.78, 5) is 43.8. The summed E-state index contributed by atoms with van der Waals surface area (Å²) in [5.41, 5.74) is -0.0138. The van der Waals surface area contributed by atoms with Crippen molar-refractivity contribution in [1.82, 2.24) is 19.0 Å². The van der Waals surface area contributed by atoms with Crippen molar-refractivity contribution in [3.8, 4) is 5.75 Å². The number of para-hydroxylation sites is 1. The Morgan fingerprint density at radius 1 is 1.19 bits per heavy atom. The number of likely N-dealkylation sites (tertiary alicyclic amines) is 1. The number of amides is 1. The fourth-order valence-corrected chi connectivity index (χ4v) is 4.11. The maximum atomic E-state index is 13.3. The van der Waals surface area contributed by atoms with E-state index in [9.17, 15) is 14.4 Å². The first-order valence-electron chi connectivity index (χ1n) is 10.5. The monoisotopic (exact) mass is 438 g/mol. The molecule has 1 aliphatic heterocycles. The highest BCUT2D eigenvalue weighted by molar-refractivity contribution is 5.92. The van der Waals surface area contributed by atoms with E-state index >= 15 is 0 Å². The lowest BCUT2D eigenvalue weighted by molar-refractivity contribution is 0.0557. The molecule has 32 heavy (non-hydrogen) atoms. The molecule has 0 unspecified atom stereocenters. The second-order valence-electron chi connectivity index (χ2n) is 7.93. The maximum Gasteiger partial charge on any atom is 0.331 e. The van der Waals surface area contributed by atoms with Gasteiger partial charge in [0.2, 0.25) is 5.89 Å². The number of carbonyl (C=O) groups is 1. The molecular weight excluding hydrogens is 412 g/mol. The normalized spacial score (nSPS) is 16.2. The molecule has 0 spiro atoms. The number of ether oxygens (including phenoxy) is 1. The predicted octanol–water partition coefficient (Wildman–Crippen LogP) is 2.04. The molecule has 3 heterocycles. The number of methoxy groups -OCH3 is 1. The van der Waals surface area contributed by atoms with E-state index in [1.54, 1.807) is 18.2 Å². The highest BCUT2D eigenvalue weighted by Crippen LogP contribution is 2.32. The molecule has 4 rings (SSSR count). The average Bonchev–Trinajstić information content (AvgIpc) is 3.28. The third-order valence-corrected chi connectivity index (χ3v) is 5.92. The second-order valence-corrected chi connectivity index (χ2v) is 7.93. The van der Waals surface area contributed by atoms with Crippen LogP contribution in [-0.4, -0.2) is 38.6 Å². The predicted molar refractivity (Wildman–Crippen MR) is 117 cm³/mol. The van der Waals surface area contributed by atoms with Gasteiger partial charge in [-0.3, -0.25) is 18.7 Å². The number of rotatable bonds is 5. The van der Waals surface area contributed by atoms with Crippen LogP contribution in [0.5, 0.6) is 5.75 Å². The Morgan fingerprint density at radius 3 is 2.75 bits per heavy atom. The van der Waals surface area contributed by atoms with Gasteiger partial charge in [-0.25, -0.2) is 9.78 Å². The van der Waals surface area contributed by atoms with E-state index < -0.39 is 11.2 Å². The average molecular weight is 438 g/mol. The second kappa shape index (κ2) is 8.86. The summed E-state index contributed by atoms with van der Waals surface area (Å²) in [7, 11) is 4.50. The van der Waals surface area contributed by atoms with E-state index in [0.29, 0.717) is 31.0 Å². The molecule has 1 amide bonds. The van der Waals surface area contributed by atoms with Crippen molar-refractivity contribution in [3.05, 3.63) is 80.3 Å². The molecule has 2 aromatic heterocycles. The number of hydrogen-bond acceptors (Lipinski definition) is 6. The molecular formula is C23H26N4O5. The number of benzene rings is 1. The molecule has 1 aromatic carbocycles. The highest BCUT2D eigenvalue weighted by Gasteiger charge is 2.33. The molecule has 1 fully saturated rings. The van der Waals surface area contributed by atoms with E-state index in [0.717, 1.165) is 28.7 Å². The molecule has 0 bridgehead atoms. The summed E-state index contributed by atoms with van der Waals surface area (Å²) in [5, 5.41) is 0. The highest BCUT2D eigenvalue weighted by atomic mass is 16.5. The van der Waals surface area contributed by atoms with Crippen molar-refractivity contribution in [2.75, 3.05) is 13.7 Å². The number of hydrogen-bond donors (Lipinski definition) is 0. The van der Waals surface area contributed by atoms with Gasteiger partial charge in [0.15, 0.2) is 0 Å². The summed E-state index contributed by atoms with van der Waals surface area (Å²) < 4.78 is 13.6. The molecule has 168 valence electrons. The minimum Gasteiger partial charge on any atom is -0.496 e. The minimum atomic E-state index is -0.537.